The van der Waals surface area contributed by atoms with Crippen molar-refractivity contribution in [1.29, 1.82) is 0 Å². The number of piperidine rings is 2. The average molecular weight is 359 g/mol. The van der Waals surface area contributed by atoms with E-state index in [1.807, 2.05) is 6.07 Å². The van der Waals surface area contributed by atoms with Gasteiger partial charge in [0, 0.05) is 43.6 Å². The van der Waals surface area contributed by atoms with Crippen molar-refractivity contribution < 1.29 is 9.53 Å². The second kappa shape index (κ2) is 6.93. The van der Waals surface area contributed by atoms with Gasteiger partial charge >= 0.3 is 0 Å². The minimum atomic E-state index is 0.168. The van der Waals surface area contributed by atoms with E-state index in [0.717, 1.165) is 38.3 Å². The minimum Gasteiger partial charge on any atom is -0.481 e. The van der Waals surface area contributed by atoms with E-state index in [1.165, 1.54) is 32.1 Å². The number of rotatable bonds is 3. The second-order valence-electron chi connectivity index (χ2n) is 8.11. The molecule has 0 aromatic carbocycles. The summed E-state index contributed by atoms with van der Waals surface area (Å²) in [7, 11) is 1.59. The number of nitrogen functional groups attached to an aromatic ring is 1. The van der Waals surface area contributed by atoms with Crippen LogP contribution >= 0.6 is 0 Å². The SMILES string of the molecule is COc1cc(N2CCC[C@@]3(CCC(=O)N(C4CCCC4)C3)C2)nc(N)n1. The zero-order chi connectivity index (χ0) is 18.1. The molecule has 0 bridgehead atoms. The summed E-state index contributed by atoms with van der Waals surface area (Å²) in [5.74, 6) is 1.93. The highest BCUT2D eigenvalue weighted by atomic mass is 16.5. The van der Waals surface area contributed by atoms with E-state index < -0.39 is 0 Å². The van der Waals surface area contributed by atoms with Gasteiger partial charge < -0.3 is 20.3 Å². The number of amides is 1. The fourth-order valence-corrected chi connectivity index (χ4v) is 5.03. The molecule has 0 radical (unpaired) electrons. The summed E-state index contributed by atoms with van der Waals surface area (Å²) in [5, 5.41) is 0. The molecule has 1 aromatic heterocycles. The highest BCUT2D eigenvalue weighted by Gasteiger charge is 2.44. The Morgan fingerprint density at radius 1 is 1.19 bits per heavy atom. The first-order valence-corrected chi connectivity index (χ1v) is 9.82. The summed E-state index contributed by atoms with van der Waals surface area (Å²) in [6.07, 6.45) is 8.80. The molecule has 1 amide bonds. The minimum absolute atomic E-state index is 0.168. The molecule has 1 aliphatic carbocycles. The molecule has 3 aliphatic rings. The van der Waals surface area contributed by atoms with Crippen LogP contribution in [0, 0.1) is 5.41 Å². The zero-order valence-electron chi connectivity index (χ0n) is 15.6. The molecule has 1 saturated carbocycles. The van der Waals surface area contributed by atoms with Crippen LogP contribution in [-0.2, 0) is 4.79 Å². The Morgan fingerprint density at radius 2 is 2.00 bits per heavy atom. The van der Waals surface area contributed by atoms with Gasteiger partial charge in [-0.3, -0.25) is 4.79 Å². The van der Waals surface area contributed by atoms with Gasteiger partial charge in [0.05, 0.1) is 7.11 Å². The van der Waals surface area contributed by atoms with Crippen molar-refractivity contribution in [1.82, 2.24) is 14.9 Å². The van der Waals surface area contributed by atoms with Crippen molar-refractivity contribution >= 4 is 17.7 Å². The second-order valence-corrected chi connectivity index (χ2v) is 8.11. The van der Waals surface area contributed by atoms with Gasteiger partial charge in [-0.2, -0.15) is 9.97 Å². The van der Waals surface area contributed by atoms with Crippen LogP contribution < -0.4 is 15.4 Å². The molecule has 7 nitrogen and oxygen atoms in total. The normalized spacial score (nSPS) is 27.3. The molecule has 2 N–H and O–H groups in total. The van der Waals surface area contributed by atoms with Crippen LogP contribution in [0.5, 0.6) is 5.88 Å². The van der Waals surface area contributed by atoms with Gasteiger partial charge in [0.2, 0.25) is 17.7 Å². The average Bonchev–Trinajstić information content (AvgIpc) is 3.18. The number of nitrogens with zero attached hydrogens (tertiary/aromatic N) is 4. The first-order chi connectivity index (χ1) is 12.6. The molecule has 4 rings (SSSR count). The van der Waals surface area contributed by atoms with E-state index >= 15 is 0 Å². The molecule has 2 aliphatic heterocycles. The van der Waals surface area contributed by atoms with E-state index in [4.69, 9.17) is 10.5 Å². The van der Waals surface area contributed by atoms with Crippen molar-refractivity contribution in [2.45, 2.75) is 57.4 Å². The molecule has 2 saturated heterocycles. The highest BCUT2D eigenvalue weighted by molar-refractivity contribution is 5.77. The van der Waals surface area contributed by atoms with Crippen molar-refractivity contribution in [2.75, 3.05) is 37.4 Å². The number of aromatic nitrogens is 2. The first kappa shape index (κ1) is 17.4. The fourth-order valence-electron chi connectivity index (χ4n) is 5.03. The molecule has 1 aromatic rings. The van der Waals surface area contributed by atoms with Gasteiger partial charge in [-0.1, -0.05) is 12.8 Å². The lowest BCUT2D eigenvalue weighted by Crippen LogP contribution is -2.56. The van der Waals surface area contributed by atoms with E-state index in [-0.39, 0.29) is 11.4 Å². The third-order valence-electron chi connectivity index (χ3n) is 6.36. The summed E-state index contributed by atoms with van der Waals surface area (Å²) in [6.45, 7) is 2.77. The lowest BCUT2D eigenvalue weighted by atomic mass is 9.73. The Hall–Kier alpha value is -2.05. The molecular weight excluding hydrogens is 330 g/mol. The maximum absolute atomic E-state index is 12.5. The Balaban J connectivity index is 1.54. The number of likely N-dealkylation sites (tertiary alicyclic amines) is 1. The predicted molar refractivity (Wildman–Crippen MR) is 100 cm³/mol. The van der Waals surface area contributed by atoms with Crippen molar-refractivity contribution in [3.63, 3.8) is 0 Å². The maximum atomic E-state index is 12.5. The van der Waals surface area contributed by atoms with Crippen LogP contribution in [0.1, 0.15) is 51.4 Å². The summed E-state index contributed by atoms with van der Waals surface area (Å²) in [4.78, 5) is 25.6. The maximum Gasteiger partial charge on any atom is 0.225 e. The molecule has 1 spiro atoms. The molecule has 7 heteroatoms. The Morgan fingerprint density at radius 3 is 2.77 bits per heavy atom. The summed E-state index contributed by atoms with van der Waals surface area (Å²) in [5.41, 5.74) is 6.02. The standard InChI is InChI=1S/C19H29N5O2/c1-26-16-11-15(21-18(20)22-16)23-10-4-8-19(12-23)9-7-17(25)24(13-19)14-5-2-3-6-14/h11,14H,2-10,12-13H2,1H3,(H2,20,21,22)/t19-/m1/s1. The number of carbonyl (C=O) groups is 1. The van der Waals surface area contributed by atoms with Crippen molar-refractivity contribution in [3.8, 4) is 5.88 Å². The first-order valence-electron chi connectivity index (χ1n) is 9.82. The van der Waals surface area contributed by atoms with Crippen molar-refractivity contribution in [3.05, 3.63) is 6.07 Å². The Labute approximate surface area is 154 Å². The van der Waals surface area contributed by atoms with E-state index in [9.17, 15) is 4.79 Å². The van der Waals surface area contributed by atoms with Gasteiger partial charge in [-0.15, -0.1) is 0 Å². The number of nitrogens with two attached hydrogens (primary N) is 1. The van der Waals surface area contributed by atoms with E-state index in [0.29, 0.717) is 24.2 Å². The zero-order valence-corrected chi connectivity index (χ0v) is 15.6. The molecule has 0 unspecified atom stereocenters. The van der Waals surface area contributed by atoms with Crippen molar-refractivity contribution in [2.24, 2.45) is 5.41 Å². The van der Waals surface area contributed by atoms with E-state index in [2.05, 4.69) is 19.8 Å². The van der Waals surface area contributed by atoms with Gasteiger partial charge in [-0.25, -0.2) is 0 Å². The predicted octanol–water partition coefficient (Wildman–Crippen LogP) is 2.22. The molecule has 3 fully saturated rings. The summed E-state index contributed by atoms with van der Waals surface area (Å²) >= 11 is 0. The number of hydrogen-bond donors (Lipinski definition) is 1. The lowest BCUT2D eigenvalue weighted by molar-refractivity contribution is -0.140. The quantitative estimate of drug-likeness (QED) is 0.891. The molecule has 3 heterocycles. The number of methoxy groups -OCH3 is 1. The fraction of sp³-hybridized carbons (Fsp3) is 0.737. The van der Waals surface area contributed by atoms with Gasteiger partial charge in [-0.05, 0) is 32.1 Å². The molecular formula is C19H29N5O2. The number of anilines is 2. The lowest BCUT2D eigenvalue weighted by Gasteiger charge is -2.50. The van der Waals surface area contributed by atoms with Crippen LogP contribution in [0.3, 0.4) is 0 Å². The smallest absolute Gasteiger partial charge is 0.225 e. The topological polar surface area (TPSA) is 84.6 Å². The Bertz CT molecular complexity index is 676. The number of carbonyl (C=O) groups excluding carboxylic acids is 1. The molecule has 26 heavy (non-hydrogen) atoms. The van der Waals surface area contributed by atoms with Gasteiger partial charge in [0.15, 0.2) is 0 Å². The van der Waals surface area contributed by atoms with Crippen LogP contribution in [0.25, 0.3) is 0 Å². The third kappa shape index (κ3) is 3.31. The number of ether oxygens (including phenoxy) is 1. The van der Waals surface area contributed by atoms with Crippen LogP contribution in [0.4, 0.5) is 11.8 Å². The molecule has 1 atom stereocenters. The molecule has 142 valence electrons. The highest BCUT2D eigenvalue weighted by Crippen LogP contribution is 2.42. The van der Waals surface area contributed by atoms with Gasteiger partial charge in [0.1, 0.15) is 5.82 Å². The van der Waals surface area contributed by atoms with Crippen LogP contribution in [0.2, 0.25) is 0 Å². The monoisotopic (exact) mass is 359 g/mol. The summed E-state index contributed by atoms with van der Waals surface area (Å²) in [6, 6.07) is 2.32. The Kier molecular flexibility index (Phi) is 4.63. The summed E-state index contributed by atoms with van der Waals surface area (Å²) < 4.78 is 5.25. The van der Waals surface area contributed by atoms with Crippen LogP contribution in [-0.4, -0.2) is 53.6 Å². The third-order valence-corrected chi connectivity index (χ3v) is 6.36. The van der Waals surface area contributed by atoms with Crippen LogP contribution in [0.15, 0.2) is 6.07 Å². The largest absolute Gasteiger partial charge is 0.481 e. The number of hydrogen-bond acceptors (Lipinski definition) is 6. The van der Waals surface area contributed by atoms with Gasteiger partial charge in [0.25, 0.3) is 0 Å². The van der Waals surface area contributed by atoms with E-state index in [1.54, 1.807) is 7.11 Å².